The van der Waals surface area contributed by atoms with Crippen LogP contribution in [0.25, 0.3) is 0 Å². The first-order valence-corrected chi connectivity index (χ1v) is 4.69. The van der Waals surface area contributed by atoms with Crippen molar-refractivity contribution in [1.82, 2.24) is 0 Å². The highest BCUT2D eigenvalue weighted by atomic mass is 16.5. The fourth-order valence-corrected chi connectivity index (χ4v) is 1.08. The number of methoxy groups -OCH3 is 1. The molecule has 0 unspecified atom stereocenters. The van der Waals surface area contributed by atoms with E-state index in [0.29, 0.717) is 0 Å². The summed E-state index contributed by atoms with van der Waals surface area (Å²) < 4.78 is 9.75. The summed E-state index contributed by atoms with van der Waals surface area (Å²) in [7, 11) is 1.33. The third kappa shape index (κ3) is 3.85. The molecule has 0 aliphatic carbocycles. The fourth-order valence-electron chi connectivity index (χ4n) is 1.08. The van der Waals surface area contributed by atoms with Crippen molar-refractivity contribution < 1.29 is 14.3 Å². The van der Waals surface area contributed by atoms with Crippen LogP contribution in [0, 0.1) is 0 Å². The number of carbonyl (C=O) groups is 1. The van der Waals surface area contributed by atoms with Gasteiger partial charge in [-0.25, -0.2) is 4.79 Å². The summed E-state index contributed by atoms with van der Waals surface area (Å²) in [6.07, 6.45) is 2.52. The Hall–Kier alpha value is -1.77. The molecule has 1 aromatic carbocycles. The average molecular weight is 206 g/mol. The maximum absolute atomic E-state index is 10.7. The Morgan fingerprint density at radius 2 is 2.00 bits per heavy atom. The number of rotatable bonds is 4. The van der Waals surface area contributed by atoms with E-state index in [0.717, 1.165) is 5.56 Å². The molecule has 0 N–H and O–H groups in total. The molecule has 1 rings (SSSR count). The molecule has 3 nitrogen and oxygen atoms in total. The van der Waals surface area contributed by atoms with Crippen LogP contribution in [0.2, 0.25) is 0 Å². The van der Waals surface area contributed by atoms with Crippen LogP contribution < -0.4 is 0 Å². The normalized spacial score (nSPS) is 12.4. The number of hydrogen-bond acceptors (Lipinski definition) is 3. The molecule has 0 radical (unpaired) electrons. The maximum Gasteiger partial charge on any atom is 0.333 e. The van der Waals surface area contributed by atoms with Crippen LogP contribution >= 0.6 is 0 Å². The molecular formula is C12H14O3. The molecule has 0 amide bonds. The Morgan fingerprint density at radius 1 is 1.33 bits per heavy atom. The smallest absolute Gasteiger partial charge is 0.333 e. The minimum atomic E-state index is -0.421. The Kier molecular flexibility index (Phi) is 4.41. The second kappa shape index (κ2) is 5.86. The summed E-state index contributed by atoms with van der Waals surface area (Å²) >= 11 is 0. The lowest BCUT2D eigenvalue weighted by atomic mass is 10.1. The van der Waals surface area contributed by atoms with Gasteiger partial charge in [-0.1, -0.05) is 30.3 Å². The van der Waals surface area contributed by atoms with Crippen molar-refractivity contribution in [2.24, 2.45) is 0 Å². The number of esters is 1. The number of ether oxygens (including phenoxy) is 2. The highest BCUT2D eigenvalue weighted by Crippen LogP contribution is 2.15. The van der Waals surface area contributed by atoms with Gasteiger partial charge in [-0.2, -0.15) is 0 Å². The summed E-state index contributed by atoms with van der Waals surface area (Å²) in [5.41, 5.74) is 1.06. The van der Waals surface area contributed by atoms with E-state index < -0.39 is 5.97 Å². The second-order valence-corrected chi connectivity index (χ2v) is 3.01. The quantitative estimate of drug-likeness (QED) is 0.431. The molecule has 3 heteroatoms. The van der Waals surface area contributed by atoms with Gasteiger partial charge in [-0.3, -0.25) is 0 Å². The van der Waals surface area contributed by atoms with E-state index in [1.165, 1.54) is 19.4 Å². The van der Waals surface area contributed by atoms with Gasteiger partial charge in [0.1, 0.15) is 6.10 Å². The van der Waals surface area contributed by atoms with E-state index in [9.17, 15) is 4.79 Å². The summed E-state index contributed by atoms with van der Waals surface area (Å²) in [6, 6.07) is 9.77. The SMILES string of the molecule is COC(=O)/C=C/O[C@H](C)c1ccccc1. The zero-order valence-electron chi connectivity index (χ0n) is 8.84. The number of hydrogen-bond donors (Lipinski definition) is 0. The van der Waals surface area contributed by atoms with Crippen molar-refractivity contribution in [2.75, 3.05) is 7.11 Å². The van der Waals surface area contributed by atoms with Gasteiger partial charge >= 0.3 is 5.97 Å². The van der Waals surface area contributed by atoms with E-state index in [1.807, 2.05) is 37.3 Å². The molecule has 1 atom stereocenters. The monoisotopic (exact) mass is 206 g/mol. The molecule has 0 aliphatic rings. The standard InChI is InChI=1S/C12H14O3/c1-10(11-6-4-3-5-7-11)15-9-8-12(13)14-2/h3-10H,1-2H3/b9-8+/t10-/m1/s1. The van der Waals surface area contributed by atoms with Crippen molar-refractivity contribution in [2.45, 2.75) is 13.0 Å². The topological polar surface area (TPSA) is 35.5 Å². The Balaban J connectivity index is 2.47. The van der Waals surface area contributed by atoms with Gasteiger partial charge in [-0.05, 0) is 12.5 Å². The molecule has 0 saturated heterocycles. The lowest BCUT2D eigenvalue weighted by Gasteiger charge is -2.10. The zero-order valence-corrected chi connectivity index (χ0v) is 8.84. The Bertz CT molecular complexity index is 330. The summed E-state index contributed by atoms with van der Waals surface area (Å²) in [6.45, 7) is 1.91. The van der Waals surface area contributed by atoms with Gasteiger partial charge in [0.05, 0.1) is 19.4 Å². The highest BCUT2D eigenvalue weighted by Gasteiger charge is 2.02. The molecule has 15 heavy (non-hydrogen) atoms. The van der Waals surface area contributed by atoms with Crippen LogP contribution in [0.5, 0.6) is 0 Å². The molecule has 0 bridgehead atoms. The van der Waals surface area contributed by atoms with Crippen molar-refractivity contribution in [1.29, 1.82) is 0 Å². The van der Waals surface area contributed by atoms with Crippen molar-refractivity contribution in [3.05, 3.63) is 48.2 Å². The average Bonchev–Trinajstić information content (AvgIpc) is 2.29. The first-order chi connectivity index (χ1) is 7.24. The highest BCUT2D eigenvalue weighted by molar-refractivity contribution is 5.81. The van der Waals surface area contributed by atoms with Crippen LogP contribution in [-0.2, 0) is 14.3 Å². The number of carbonyl (C=O) groups excluding carboxylic acids is 1. The van der Waals surface area contributed by atoms with Gasteiger partial charge in [0.15, 0.2) is 0 Å². The molecule has 80 valence electrons. The Labute approximate surface area is 89.3 Å². The lowest BCUT2D eigenvalue weighted by Crippen LogP contribution is -1.97. The first-order valence-electron chi connectivity index (χ1n) is 4.69. The van der Waals surface area contributed by atoms with Crippen molar-refractivity contribution in [3.8, 4) is 0 Å². The third-order valence-corrected chi connectivity index (χ3v) is 1.96. The molecular weight excluding hydrogens is 192 g/mol. The number of benzene rings is 1. The van der Waals surface area contributed by atoms with Gasteiger partial charge in [0.25, 0.3) is 0 Å². The van der Waals surface area contributed by atoms with Crippen LogP contribution in [0.1, 0.15) is 18.6 Å². The second-order valence-electron chi connectivity index (χ2n) is 3.01. The molecule has 1 aromatic rings. The molecule has 0 spiro atoms. The molecule has 0 fully saturated rings. The molecule has 0 aromatic heterocycles. The van der Waals surface area contributed by atoms with E-state index in [4.69, 9.17) is 4.74 Å². The van der Waals surface area contributed by atoms with Gasteiger partial charge in [0, 0.05) is 0 Å². The predicted octanol–water partition coefficient (Wildman–Crippen LogP) is 2.45. The van der Waals surface area contributed by atoms with Crippen molar-refractivity contribution >= 4 is 5.97 Å². The van der Waals surface area contributed by atoms with E-state index in [2.05, 4.69) is 4.74 Å². The van der Waals surface area contributed by atoms with Gasteiger partial charge < -0.3 is 9.47 Å². The fraction of sp³-hybridized carbons (Fsp3) is 0.250. The maximum atomic E-state index is 10.7. The van der Waals surface area contributed by atoms with Crippen LogP contribution in [0.4, 0.5) is 0 Å². The molecule has 0 aliphatic heterocycles. The predicted molar refractivity (Wildman–Crippen MR) is 57.1 cm³/mol. The minimum absolute atomic E-state index is 0.0768. The summed E-state index contributed by atoms with van der Waals surface area (Å²) in [5.74, 6) is -0.421. The summed E-state index contributed by atoms with van der Waals surface area (Å²) in [5, 5.41) is 0. The van der Waals surface area contributed by atoms with Gasteiger partial charge in [-0.15, -0.1) is 0 Å². The van der Waals surface area contributed by atoms with E-state index in [-0.39, 0.29) is 6.10 Å². The van der Waals surface area contributed by atoms with Crippen LogP contribution in [0.3, 0.4) is 0 Å². The summed E-state index contributed by atoms with van der Waals surface area (Å²) in [4.78, 5) is 10.7. The minimum Gasteiger partial charge on any atom is -0.493 e. The lowest BCUT2D eigenvalue weighted by molar-refractivity contribution is -0.135. The van der Waals surface area contributed by atoms with Crippen LogP contribution in [0.15, 0.2) is 42.7 Å². The van der Waals surface area contributed by atoms with Crippen LogP contribution in [-0.4, -0.2) is 13.1 Å². The third-order valence-electron chi connectivity index (χ3n) is 1.96. The Morgan fingerprint density at radius 3 is 2.60 bits per heavy atom. The molecule has 0 saturated carbocycles. The first kappa shape index (κ1) is 11.3. The largest absolute Gasteiger partial charge is 0.493 e. The van der Waals surface area contributed by atoms with Gasteiger partial charge in [0.2, 0.25) is 0 Å². The van der Waals surface area contributed by atoms with E-state index >= 15 is 0 Å². The zero-order chi connectivity index (χ0) is 11.1. The van der Waals surface area contributed by atoms with E-state index in [1.54, 1.807) is 0 Å². The molecule has 0 heterocycles. The van der Waals surface area contributed by atoms with Crippen molar-refractivity contribution in [3.63, 3.8) is 0 Å².